The summed E-state index contributed by atoms with van der Waals surface area (Å²) < 4.78 is 40.7. The fourth-order valence-corrected chi connectivity index (χ4v) is 5.75. The van der Waals surface area contributed by atoms with E-state index in [-0.39, 0.29) is 24.0 Å². The minimum atomic E-state index is -3.52. The molecule has 0 saturated carbocycles. The molecule has 160 valence electrons. The van der Waals surface area contributed by atoms with Crippen LogP contribution in [0.4, 0.5) is 4.39 Å². The SMILES string of the molecule is O=C1C2CN(S(=O)(=O)Cc3ccccc3)CCCN2CCN1Cc1ccc(F)cc1. The zero-order valence-electron chi connectivity index (χ0n) is 16.8. The molecule has 2 aliphatic heterocycles. The molecule has 8 heteroatoms. The van der Waals surface area contributed by atoms with Gasteiger partial charge in [0.1, 0.15) is 11.9 Å². The average Bonchev–Trinajstić information content (AvgIpc) is 2.96. The lowest BCUT2D eigenvalue weighted by Gasteiger charge is -2.40. The third-order valence-electron chi connectivity index (χ3n) is 5.80. The number of halogens is 1. The molecule has 0 bridgehead atoms. The molecule has 2 aliphatic rings. The number of hydrogen-bond acceptors (Lipinski definition) is 4. The molecule has 0 N–H and O–H groups in total. The van der Waals surface area contributed by atoms with E-state index in [9.17, 15) is 17.6 Å². The minimum Gasteiger partial charge on any atom is -0.336 e. The lowest BCUT2D eigenvalue weighted by Crippen LogP contribution is -2.59. The van der Waals surface area contributed by atoms with E-state index in [0.29, 0.717) is 39.1 Å². The molecule has 0 spiro atoms. The smallest absolute Gasteiger partial charge is 0.241 e. The Balaban J connectivity index is 1.48. The van der Waals surface area contributed by atoms with Gasteiger partial charge in [0.25, 0.3) is 0 Å². The van der Waals surface area contributed by atoms with Crippen LogP contribution in [-0.4, -0.2) is 67.2 Å². The molecule has 1 unspecified atom stereocenters. The van der Waals surface area contributed by atoms with Crippen molar-refractivity contribution in [2.75, 3.05) is 32.7 Å². The van der Waals surface area contributed by atoms with Gasteiger partial charge in [-0.05, 0) is 29.7 Å². The number of hydrogen-bond donors (Lipinski definition) is 0. The van der Waals surface area contributed by atoms with Crippen LogP contribution in [0.1, 0.15) is 17.5 Å². The van der Waals surface area contributed by atoms with E-state index in [4.69, 9.17) is 0 Å². The van der Waals surface area contributed by atoms with Gasteiger partial charge in [-0.15, -0.1) is 0 Å². The molecule has 0 aromatic heterocycles. The molecule has 2 aromatic rings. The first-order chi connectivity index (χ1) is 14.4. The van der Waals surface area contributed by atoms with Crippen LogP contribution in [0.5, 0.6) is 0 Å². The van der Waals surface area contributed by atoms with E-state index >= 15 is 0 Å². The average molecular weight is 432 g/mol. The second-order valence-electron chi connectivity index (χ2n) is 7.89. The van der Waals surface area contributed by atoms with Gasteiger partial charge in [0.2, 0.25) is 15.9 Å². The molecule has 2 saturated heterocycles. The maximum Gasteiger partial charge on any atom is 0.241 e. The van der Waals surface area contributed by atoms with Crippen LogP contribution in [0, 0.1) is 5.82 Å². The maximum atomic E-state index is 13.2. The van der Waals surface area contributed by atoms with E-state index in [1.54, 1.807) is 29.2 Å². The number of carbonyl (C=O) groups is 1. The first kappa shape index (κ1) is 21.0. The van der Waals surface area contributed by atoms with Crippen molar-refractivity contribution in [3.63, 3.8) is 0 Å². The Bertz CT molecular complexity index is 982. The highest BCUT2D eigenvalue weighted by molar-refractivity contribution is 7.88. The second kappa shape index (κ2) is 8.83. The molecular weight excluding hydrogens is 405 g/mol. The number of benzene rings is 2. The Hall–Kier alpha value is -2.29. The Kier molecular flexibility index (Phi) is 6.17. The monoisotopic (exact) mass is 431 g/mol. The van der Waals surface area contributed by atoms with Crippen LogP contribution < -0.4 is 0 Å². The predicted molar refractivity (Wildman–Crippen MR) is 112 cm³/mol. The highest BCUT2D eigenvalue weighted by Crippen LogP contribution is 2.22. The molecule has 30 heavy (non-hydrogen) atoms. The number of nitrogens with zero attached hydrogens (tertiary/aromatic N) is 3. The lowest BCUT2D eigenvalue weighted by molar-refractivity contribution is -0.142. The molecule has 6 nitrogen and oxygen atoms in total. The number of sulfonamides is 1. The standard InChI is InChI=1S/C22H26FN3O3S/c23-20-9-7-18(8-10-20)15-25-14-13-24-11-4-12-26(16-21(24)22(25)27)30(28,29)17-19-5-2-1-3-6-19/h1-3,5-10,21H,4,11-17H2. The van der Waals surface area contributed by atoms with Crippen LogP contribution >= 0.6 is 0 Å². The van der Waals surface area contributed by atoms with Gasteiger partial charge < -0.3 is 4.90 Å². The van der Waals surface area contributed by atoms with Crippen molar-refractivity contribution in [1.29, 1.82) is 0 Å². The van der Waals surface area contributed by atoms with Gasteiger partial charge in [-0.2, -0.15) is 4.31 Å². The zero-order chi connectivity index (χ0) is 21.1. The molecule has 0 aliphatic carbocycles. The minimum absolute atomic E-state index is 0.0615. The van der Waals surface area contributed by atoms with E-state index < -0.39 is 16.1 Å². The number of amides is 1. The molecule has 1 atom stereocenters. The van der Waals surface area contributed by atoms with Crippen LogP contribution in [0.2, 0.25) is 0 Å². The Labute approximate surface area is 176 Å². The summed E-state index contributed by atoms with van der Waals surface area (Å²) in [5.74, 6) is -0.432. The third kappa shape index (κ3) is 4.71. The fourth-order valence-electron chi connectivity index (χ4n) is 4.17. The summed E-state index contributed by atoms with van der Waals surface area (Å²) in [7, 11) is -3.52. The van der Waals surface area contributed by atoms with Gasteiger partial charge in [0.05, 0.1) is 5.75 Å². The number of piperazine rings is 1. The summed E-state index contributed by atoms with van der Waals surface area (Å²) in [6.07, 6.45) is 0.704. The largest absolute Gasteiger partial charge is 0.336 e. The first-order valence-corrected chi connectivity index (χ1v) is 11.8. The van der Waals surface area contributed by atoms with Gasteiger partial charge >= 0.3 is 0 Å². The van der Waals surface area contributed by atoms with Crippen molar-refractivity contribution >= 4 is 15.9 Å². The Morgan fingerprint density at radius 3 is 2.37 bits per heavy atom. The van der Waals surface area contributed by atoms with Gasteiger partial charge in [0, 0.05) is 39.3 Å². The molecule has 2 fully saturated rings. The summed E-state index contributed by atoms with van der Waals surface area (Å²) in [6.45, 7) is 3.01. The number of carbonyl (C=O) groups excluding carboxylic acids is 1. The highest BCUT2D eigenvalue weighted by Gasteiger charge is 2.39. The van der Waals surface area contributed by atoms with Crippen molar-refractivity contribution in [3.05, 3.63) is 71.5 Å². The van der Waals surface area contributed by atoms with E-state index in [1.165, 1.54) is 16.4 Å². The van der Waals surface area contributed by atoms with Crippen molar-refractivity contribution in [3.8, 4) is 0 Å². The zero-order valence-corrected chi connectivity index (χ0v) is 17.6. The topological polar surface area (TPSA) is 60.9 Å². The maximum absolute atomic E-state index is 13.2. The Morgan fingerprint density at radius 1 is 0.900 bits per heavy atom. The molecular formula is C22H26FN3O3S. The quantitative estimate of drug-likeness (QED) is 0.727. The number of rotatable bonds is 5. The van der Waals surface area contributed by atoms with Gasteiger partial charge in [-0.25, -0.2) is 12.8 Å². The number of fused-ring (bicyclic) bond motifs is 1. The van der Waals surface area contributed by atoms with Crippen LogP contribution in [-0.2, 0) is 27.1 Å². The Morgan fingerprint density at radius 2 is 1.63 bits per heavy atom. The van der Waals surface area contributed by atoms with Crippen molar-refractivity contribution < 1.29 is 17.6 Å². The third-order valence-corrected chi connectivity index (χ3v) is 7.61. The molecule has 4 rings (SSSR count). The van der Waals surface area contributed by atoms with Gasteiger partial charge in [0.15, 0.2) is 0 Å². The predicted octanol–water partition coefficient (Wildman–Crippen LogP) is 2.07. The van der Waals surface area contributed by atoms with Crippen LogP contribution in [0.15, 0.2) is 54.6 Å². The van der Waals surface area contributed by atoms with Gasteiger partial charge in [-0.3, -0.25) is 9.69 Å². The highest BCUT2D eigenvalue weighted by atomic mass is 32.2. The summed E-state index contributed by atoms with van der Waals surface area (Å²) in [6, 6.07) is 14.8. The fraction of sp³-hybridized carbons (Fsp3) is 0.409. The van der Waals surface area contributed by atoms with Crippen molar-refractivity contribution in [2.45, 2.75) is 24.8 Å². The molecule has 2 heterocycles. The van der Waals surface area contributed by atoms with Gasteiger partial charge in [-0.1, -0.05) is 42.5 Å². The summed E-state index contributed by atoms with van der Waals surface area (Å²) >= 11 is 0. The second-order valence-corrected chi connectivity index (χ2v) is 9.86. The molecule has 0 radical (unpaired) electrons. The summed E-state index contributed by atoms with van der Waals surface area (Å²) in [5.41, 5.74) is 1.60. The van der Waals surface area contributed by atoms with Crippen molar-refractivity contribution in [2.24, 2.45) is 0 Å². The van der Waals surface area contributed by atoms with Crippen LogP contribution in [0.3, 0.4) is 0 Å². The van der Waals surface area contributed by atoms with Crippen LogP contribution in [0.25, 0.3) is 0 Å². The lowest BCUT2D eigenvalue weighted by atomic mass is 10.1. The van der Waals surface area contributed by atoms with E-state index in [2.05, 4.69) is 4.90 Å². The summed E-state index contributed by atoms with van der Waals surface area (Å²) in [5, 5.41) is 0. The molecule has 1 amide bonds. The van der Waals surface area contributed by atoms with E-state index in [1.807, 2.05) is 18.2 Å². The molecule has 2 aromatic carbocycles. The normalized spacial score (nSPS) is 21.3. The first-order valence-electron chi connectivity index (χ1n) is 10.2. The van der Waals surface area contributed by atoms with E-state index in [0.717, 1.165) is 11.1 Å². The summed E-state index contributed by atoms with van der Waals surface area (Å²) in [4.78, 5) is 17.1. The van der Waals surface area contributed by atoms with Crippen molar-refractivity contribution in [1.82, 2.24) is 14.1 Å².